The molecule has 3 heterocycles. The van der Waals surface area contributed by atoms with E-state index in [0.29, 0.717) is 22.1 Å². The lowest BCUT2D eigenvalue weighted by molar-refractivity contribution is -0.118. The van der Waals surface area contributed by atoms with Gasteiger partial charge < -0.3 is 5.32 Å². The fraction of sp³-hybridized carbons (Fsp3) is 0.414. The van der Waals surface area contributed by atoms with E-state index in [4.69, 9.17) is 11.6 Å². The molecule has 2 amide bonds. The number of nitriles is 1. The van der Waals surface area contributed by atoms with E-state index in [1.165, 1.54) is 0 Å². The van der Waals surface area contributed by atoms with E-state index in [0.717, 1.165) is 53.9 Å². The number of rotatable bonds is 6. The molecule has 8 nitrogen and oxygen atoms in total. The Morgan fingerprint density at radius 3 is 2.71 bits per heavy atom. The van der Waals surface area contributed by atoms with Crippen molar-refractivity contribution in [2.24, 2.45) is 11.8 Å². The van der Waals surface area contributed by atoms with Crippen LogP contribution in [0.1, 0.15) is 76.3 Å². The molecule has 0 bridgehead atoms. The molecule has 2 aliphatic carbocycles. The van der Waals surface area contributed by atoms with E-state index in [2.05, 4.69) is 28.4 Å². The lowest BCUT2D eigenvalue weighted by Gasteiger charge is -2.36. The minimum Gasteiger partial charge on any atom is -0.349 e. The minimum atomic E-state index is -0.161. The van der Waals surface area contributed by atoms with E-state index in [1.54, 1.807) is 29.2 Å². The molecule has 38 heavy (non-hydrogen) atoms. The van der Waals surface area contributed by atoms with Crippen LogP contribution in [0.4, 0.5) is 5.82 Å². The summed E-state index contributed by atoms with van der Waals surface area (Å²) in [6, 6.07) is 7.48. The summed E-state index contributed by atoms with van der Waals surface area (Å²) >= 11 is 6.13. The van der Waals surface area contributed by atoms with Gasteiger partial charge in [-0.2, -0.15) is 10.4 Å². The molecule has 2 aromatic heterocycles. The number of carbonyl (C=O) groups excluding carboxylic acids is 2. The van der Waals surface area contributed by atoms with Crippen LogP contribution >= 0.6 is 11.6 Å². The maximum Gasteiger partial charge on any atom is 0.254 e. The number of halogens is 1. The highest BCUT2D eigenvalue weighted by Crippen LogP contribution is 2.47. The number of benzene rings is 1. The van der Waals surface area contributed by atoms with Crippen LogP contribution in [0.3, 0.4) is 0 Å². The summed E-state index contributed by atoms with van der Waals surface area (Å²) in [5, 5.41) is 17.6. The molecule has 194 valence electrons. The summed E-state index contributed by atoms with van der Waals surface area (Å²) in [5.74, 6) is 1.69. The van der Waals surface area contributed by atoms with Crippen LogP contribution in [0.25, 0.3) is 0 Å². The van der Waals surface area contributed by atoms with Gasteiger partial charge in [0.05, 0.1) is 29.4 Å². The fourth-order valence-corrected chi connectivity index (χ4v) is 6.09. The molecule has 3 atom stereocenters. The number of carbonyl (C=O) groups is 2. The molecule has 0 spiro atoms. The van der Waals surface area contributed by atoms with Gasteiger partial charge in [0.2, 0.25) is 5.91 Å². The molecule has 9 heteroatoms. The zero-order valence-electron chi connectivity index (χ0n) is 21.6. The number of amides is 2. The van der Waals surface area contributed by atoms with Gasteiger partial charge in [-0.3, -0.25) is 19.2 Å². The molecule has 3 aliphatic rings. The largest absolute Gasteiger partial charge is 0.349 e. The molecule has 0 unspecified atom stereocenters. The normalized spacial score (nSPS) is 24.4. The summed E-state index contributed by atoms with van der Waals surface area (Å²) in [5.41, 5.74) is 5.18. The maximum absolute atomic E-state index is 12.9. The summed E-state index contributed by atoms with van der Waals surface area (Å²) < 4.78 is 1.78. The van der Waals surface area contributed by atoms with Crippen LogP contribution in [0.15, 0.2) is 36.8 Å². The third kappa shape index (κ3) is 4.15. The van der Waals surface area contributed by atoms with Crippen LogP contribution < -0.4 is 10.2 Å². The van der Waals surface area contributed by atoms with Gasteiger partial charge in [-0.1, -0.05) is 11.6 Å². The second-order valence-electron chi connectivity index (χ2n) is 10.9. The van der Waals surface area contributed by atoms with Gasteiger partial charge in [0, 0.05) is 35.9 Å². The van der Waals surface area contributed by atoms with Gasteiger partial charge in [0.15, 0.2) is 0 Å². The van der Waals surface area contributed by atoms with Crippen molar-refractivity contribution in [3.05, 3.63) is 75.2 Å². The smallest absolute Gasteiger partial charge is 0.254 e. The number of piperidine rings is 1. The van der Waals surface area contributed by atoms with Crippen LogP contribution in [-0.4, -0.2) is 39.2 Å². The lowest BCUT2D eigenvalue weighted by Crippen LogP contribution is -2.43. The van der Waals surface area contributed by atoms with E-state index < -0.39 is 0 Å². The topological polar surface area (TPSA) is 104 Å². The first-order valence-corrected chi connectivity index (χ1v) is 13.4. The molecular weight excluding hydrogens is 500 g/mol. The summed E-state index contributed by atoms with van der Waals surface area (Å²) in [4.78, 5) is 32.0. The second-order valence-corrected chi connectivity index (χ2v) is 11.3. The highest BCUT2D eigenvalue weighted by Gasteiger charge is 2.53. The number of nitrogens with one attached hydrogen (secondary N) is 1. The highest BCUT2D eigenvalue weighted by molar-refractivity contribution is 6.30. The molecular formula is C29H29ClN6O2. The third-order valence-corrected chi connectivity index (χ3v) is 8.83. The fourth-order valence-electron chi connectivity index (χ4n) is 5.91. The first-order valence-electron chi connectivity index (χ1n) is 13.1. The Balaban J connectivity index is 1.11. The molecule has 1 saturated heterocycles. The minimum absolute atomic E-state index is 0.0415. The number of fused-ring (bicyclic) bond motifs is 1. The van der Waals surface area contributed by atoms with Crippen molar-refractivity contribution in [1.82, 2.24) is 20.1 Å². The van der Waals surface area contributed by atoms with Crippen LogP contribution in [-0.2, 0) is 4.79 Å². The number of aromatic nitrogens is 3. The number of nitrogens with zero attached hydrogens (tertiary/aromatic N) is 5. The molecule has 1 aliphatic heterocycles. The quantitative estimate of drug-likeness (QED) is 0.500. The average Bonchev–Trinajstić information content (AvgIpc) is 3.33. The van der Waals surface area contributed by atoms with E-state index in [1.807, 2.05) is 31.0 Å². The van der Waals surface area contributed by atoms with E-state index in [-0.39, 0.29) is 35.7 Å². The highest BCUT2D eigenvalue weighted by atomic mass is 35.5. The predicted molar refractivity (Wildman–Crippen MR) is 143 cm³/mol. The van der Waals surface area contributed by atoms with Gasteiger partial charge in [0.25, 0.3) is 5.91 Å². The Bertz CT molecular complexity index is 1500. The Hall–Kier alpha value is -3.70. The molecule has 3 fully saturated rings. The number of pyridine rings is 1. The Kier molecular flexibility index (Phi) is 5.99. The zero-order valence-corrected chi connectivity index (χ0v) is 22.4. The number of anilines is 1. The summed E-state index contributed by atoms with van der Waals surface area (Å²) in [6.07, 6.45) is 7.74. The number of hydrogen-bond donors (Lipinski definition) is 1. The summed E-state index contributed by atoms with van der Waals surface area (Å²) in [6.45, 7) is 6.86. The summed E-state index contributed by atoms with van der Waals surface area (Å²) in [7, 11) is 0. The van der Waals surface area contributed by atoms with Crippen LogP contribution in [0.5, 0.6) is 0 Å². The molecule has 3 aromatic rings. The molecule has 0 radical (unpaired) electrons. The maximum atomic E-state index is 12.9. The van der Waals surface area contributed by atoms with Gasteiger partial charge in [-0.05, 0) is 92.3 Å². The van der Waals surface area contributed by atoms with Crippen molar-refractivity contribution in [3.8, 4) is 6.07 Å². The van der Waals surface area contributed by atoms with Gasteiger partial charge in [-0.25, -0.2) is 4.98 Å². The second kappa shape index (κ2) is 9.25. The standard InChI is InChI=1S/C29H29ClN6O2/c1-15-16(2)27(35-13-20-8-25(20)29(35)38)32-12-26(15)17(3)36-14-21(11-33-36)28(37)34-23-6-19(7-23)24-9-22(30)5-4-18(24)10-31/h4-5,9,11-12,14,17,19-20,23,25H,6-8,13H2,1-3H3,(H,34,37)/t17-,19-,20+,23+,25+/m0/s1. The first kappa shape index (κ1) is 24.6. The van der Waals surface area contributed by atoms with Crippen molar-refractivity contribution < 1.29 is 9.59 Å². The monoisotopic (exact) mass is 528 g/mol. The Morgan fingerprint density at radius 1 is 1.21 bits per heavy atom. The zero-order chi connectivity index (χ0) is 26.7. The number of hydrogen-bond acceptors (Lipinski definition) is 5. The first-order chi connectivity index (χ1) is 18.2. The van der Waals surface area contributed by atoms with E-state index >= 15 is 0 Å². The van der Waals surface area contributed by atoms with Gasteiger partial charge >= 0.3 is 0 Å². The van der Waals surface area contributed by atoms with Crippen LogP contribution in [0, 0.1) is 37.0 Å². The SMILES string of the molecule is Cc1c([C@H](C)n2cc(C(=O)N[C@H]3C[C@@H](c4cc(Cl)ccc4C#N)C3)cn2)cnc(N2C[C@H]3C[C@H]3C2=O)c1C. The molecule has 2 saturated carbocycles. The van der Waals surface area contributed by atoms with Crippen molar-refractivity contribution in [2.45, 2.75) is 58.0 Å². The van der Waals surface area contributed by atoms with E-state index in [9.17, 15) is 14.9 Å². The van der Waals surface area contributed by atoms with Gasteiger partial charge in [-0.15, -0.1) is 0 Å². The van der Waals surface area contributed by atoms with Gasteiger partial charge in [0.1, 0.15) is 5.82 Å². The average molecular weight is 529 g/mol. The van der Waals surface area contributed by atoms with Crippen molar-refractivity contribution >= 4 is 29.2 Å². The lowest BCUT2D eigenvalue weighted by atomic mass is 9.74. The molecule has 1 aromatic carbocycles. The predicted octanol–water partition coefficient (Wildman–Crippen LogP) is 4.69. The third-order valence-electron chi connectivity index (χ3n) is 8.59. The van der Waals surface area contributed by atoms with Crippen LogP contribution in [0.2, 0.25) is 5.02 Å². The molecule has 6 rings (SSSR count). The Morgan fingerprint density at radius 2 is 2.00 bits per heavy atom. The van der Waals surface area contributed by atoms with Crippen molar-refractivity contribution in [2.75, 3.05) is 11.4 Å². The van der Waals surface area contributed by atoms with Crippen molar-refractivity contribution in [1.29, 1.82) is 5.26 Å². The molecule has 1 N–H and O–H groups in total. The Labute approximate surface area is 226 Å². The van der Waals surface area contributed by atoms with Crippen molar-refractivity contribution in [3.63, 3.8) is 0 Å².